The Kier molecular flexibility index (Phi) is 6.15. The summed E-state index contributed by atoms with van der Waals surface area (Å²) in [5.74, 6) is -0.0576. The highest BCUT2D eigenvalue weighted by Gasteiger charge is 2.11. The van der Waals surface area contributed by atoms with Crippen LogP contribution in [0.25, 0.3) is 0 Å². The summed E-state index contributed by atoms with van der Waals surface area (Å²) < 4.78 is 0. The number of amides is 1. The van der Waals surface area contributed by atoms with E-state index in [1.807, 2.05) is 6.92 Å². The van der Waals surface area contributed by atoms with Gasteiger partial charge in [-0.2, -0.15) is 0 Å². The molecule has 1 aromatic heterocycles. The Morgan fingerprint density at radius 1 is 1.59 bits per heavy atom. The van der Waals surface area contributed by atoms with E-state index in [4.69, 9.17) is 5.73 Å². The molecule has 1 unspecified atom stereocenters. The fraction of sp³-hybridized carbons (Fsp3) is 0.667. The van der Waals surface area contributed by atoms with Crippen LogP contribution in [0.5, 0.6) is 0 Å². The van der Waals surface area contributed by atoms with Crippen molar-refractivity contribution in [2.45, 2.75) is 45.6 Å². The summed E-state index contributed by atoms with van der Waals surface area (Å²) in [5.41, 5.74) is 6.76. The third kappa shape index (κ3) is 4.83. The Bertz CT molecular complexity index is 351. The van der Waals surface area contributed by atoms with Crippen LogP contribution in [-0.4, -0.2) is 23.5 Å². The number of carbonyl (C=O) groups excluding carboxylic acids is 1. The normalized spacial score (nSPS) is 12.4. The van der Waals surface area contributed by atoms with Crippen LogP contribution < -0.4 is 11.1 Å². The monoisotopic (exact) mass is 255 g/mol. The summed E-state index contributed by atoms with van der Waals surface area (Å²) in [6.45, 7) is 4.73. The molecule has 1 rings (SSSR count). The number of nitrogens with one attached hydrogen (secondary N) is 1. The van der Waals surface area contributed by atoms with Crippen molar-refractivity contribution in [3.63, 3.8) is 0 Å². The van der Waals surface area contributed by atoms with Crippen LogP contribution in [0.4, 0.5) is 0 Å². The summed E-state index contributed by atoms with van der Waals surface area (Å²) in [5, 5.41) is 6.04. The van der Waals surface area contributed by atoms with Crippen LogP contribution in [0.15, 0.2) is 5.38 Å². The second-order valence-electron chi connectivity index (χ2n) is 4.02. The number of nitrogens with zero attached hydrogens (tertiary/aromatic N) is 1. The van der Waals surface area contributed by atoms with Gasteiger partial charge in [-0.1, -0.05) is 20.3 Å². The maximum atomic E-state index is 11.5. The lowest BCUT2D eigenvalue weighted by atomic mass is 10.1. The largest absolute Gasteiger partial charge is 0.354 e. The fourth-order valence-corrected chi connectivity index (χ4v) is 2.29. The van der Waals surface area contributed by atoms with Gasteiger partial charge in [-0.05, 0) is 12.8 Å². The fourth-order valence-electron chi connectivity index (χ4n) is 1.51. The number of aryl methyl sites for hydroxylation is 1. The Hall–Kier alpha value is -0.940. The van der Waals surface area contributed by atoms with Crippen molar-refractivity contribution in [2.75, 3.05) is 6.54 Å². The van der Waals surface area contributed by atoms with E-state index < -0.39 is 0 Å². The second kappa shape index (κ2) is 7.40. The predicted molar refractivity (Wildman–Crippen MR) is 71.1 cm³/mol. The predicted octanol–water partition coefficient (Wildman–Crippen LogP) is 1.49. The lowest BCUT2D eigenvalue weighted by Crippen LogP contribution is -2.41. The van der Waals surface area contributed by atoms with Gasteiger partial charge in [0.1, 0.15) is 0 Å². The average molecular weight is 255 g/mol. The highest BCUT2D eigenvalue weighted by molar-refractivity contribution is 7.09. The smallest absolute Gasteiger partial charge is 0.236 e. The minimum absolute atomic E-state index is 0.0576. The first-order valence-corrected chi connectivity index (χ1v) is 7.01. The number of hydrogen-bond donors (Lipinski definition) is 2. The van der Waals surface area contributed by atoms with Crippen molar-refractivity contribution < 1.29 is 4.79 Å². The Balaban J connectivity index is 2.25. The third-order valence-electron chi connectivity index (χ3n) is 2.52. The molecule has 1 atom stereocenters. The highest BCUT2D eigenvalue weighted by atomic mass is 32.1. The molecule has 0 radical (unpaired) electrons. The van der Waals surface area contributed by atoms with E-state index in [1.165, 1.54) is 0 Å². The molecule has 0 spiro atoms. The van der Waals surface area contributed by atoms with Gasteiger partial charge >= 0.3 is 0 Å². The van der Waals surface area contributed by atoms with E-state index in [0.717, 1.165) is 36.4 Å². The maximum absolute atomic E-state index is 11.5. The molecule has 96 valence electrons. The zero-order chi connectivity index (χ0) is 12.7. The van der Waals surface area contributed by atoms with Crippen LogP contribution in [-0.2, 0) is 17.6 Å². The molecule has 0 aliphatic rings. The molecular formula is C12H21N3OS. The van der Waals surface area contributed by atoms with E-state index in [1.54, 1.807) is 11.3 Å². The number of rotatable bonds is 7. The molecule has 1 heterocycles. The van der Waals surface area contributed by atoms with Gasteiger partial charge in [-0.3, -0.25) is 4.79 Å². The standard InChI is InChI=1S/C12H21N3OS/c1-3-5-10(13)12(16)14-7-6-9-8-17-11(4-2)15-9/h8,10H,3-7,13H2,1-2H3,(H,14,16). The summed E-state index contributed by atoms with van der Waals surface area (Å²) >= 11 is 1.67. The van der Waals surface area contributed by atoms with Crippen LogP contribution in [0.3, 0.4) is 0 Å². The molecule has 0 fully saturated rings. The van der Waals surface area contributed by atoms with Gasteiger partial charge < -0.3 is 11.1 Å². The molecule has 0 saturated carbocycles. The van der Waals surface area contributed by atoms with Gasteiger partial charge in [0.05, 0.1) is 16.7 Å². The first-order valence-electron chi connectivity index (χ1n) is 6.13. The summed E-state index contributed by atoms with van der Waals surface area (Å²) in [6.07, 6.45) is 3.42. The van der Waals surface area contributed by atoms with E-state index >= 15 is 0 Å². The molecule has 0 aliphatic carbocycles. The van der Waals surface area contributed by atoms with E-state index in [9.17, 15) is 4.79 Å². The van der Waals surface area contributed by atoms with Crippen LogP contribution in [0.2, 0.25) is 0 Å². The van der Waals surface area contributed by atoms with E-state index in [0.29, 0.717) is 6.54 Å². The molecule has 0 aromatic carbocycles. The minimum Gasteiger partial charge on any atom is -0.354 e. The molecule has 0 saturated heterocycles. The number of carbonyl (C=O) groups is 1. The zero-order valence-corrected chi connectivity index (χ0v) is 11.3. The van der Waals surface area contributed by atoms with Crippen LogP contribution >= 0.6 is 11.3 Å². The van der Waals surface area contributed by atoms with Crippen molar-refractivity contribution in [3.05, 3.63) is 16.1 Å². The average Bonchev–Trinajstić information content (AvgIpc) is 2.77. The quantitative estimate of drug-likeness (QED) is 0.775. The van der Waals surface area contributed by atoms with Gasteiger partial charge in [0.2, 0.25) is 5.91 Å². The van der Waals surface area contributed by atoms with Crippen molar-refractivity contribution in [3.8, 4) is 0 Å². The Morgan fingerprint density at radius 3 is 2.94 bits per heavy atom. The number of nitrogens with two attached hydrogens (primary N) is 1. The highest BCUT2D eigenvalue weighted by Crippen LogP contribution is 2.10. The SMILES string of the molecule is CCCC(N)C(=O)NCCc1csc(CC)n1. The van der Waals surface area contributed by atoms with Gasteiger partial charge in [0.25, 0.3) is 0 Å². The Labute approximate surface area is 107 Å². The number of hydrogen-bond acceptors (Lipinski definition) is 4. The molecule has 17 heavy (non-hydrogen) atoms. The number of thiazole rings is 1. The summed E-state index contributed by atoms with van der Waals surface area (Å²) in [6, 6.07) is -0.373. The molecule has 1 amide bonds. The number of aromatic nitrogens is 1. The third-order valence-corrected chi connectivity index (χ3v) is 3.56. The van der Waals surface area contributed by atoms with Crippen molar-refractivity contribution in [1.82, 2.24) is 10.3 Å². The molecule has 1 aromatic rings. The van der Waals surface area contributed by atoms with Crippen molar-refractivity contribution in [1.29, 1.82) is 0 Å². The first-order chi connectivity index (χ1) is 8.17. The van der Waals surface area contributed by atoms with Crippen molar-refractivity contribution in [2.24, 2.45) is 5.73 Å². The first kappa shape index (κ1) is 14.1. The second-order valence-corrected chi connectivity index (χ2v) is 4.96. The lowest BCUT2D eigenvalue weighted by Gasteiger charge is -2.10. The molecule has 0 aliphatic heterocycles. The Morgan fingerprint density at radius 2 is 2.35 bits per heavy atom. The zero-order valence-electron chi connectivity index (χ0n) is 10.5. The molecular weight excluding hydrogens is 234 g/mol. The summed E-state index contributed by atoms with van der Waals surface area (Å²) in [7, 11) is 0. The minimum atomic E-state index is -0.373. The van der Waals surface area contributed by atoms with E-state index in [2.05, 4.69) is 22.6 Å². The van der Waals surface area contributed by atoms with Crippen LogP contribution in [0, 0.1) is 0 Å². The molecule has 4 nitrogen and oxygen atoms in total. The summed E-state index contributed by atoms with van der Waals surface area (Å²) in [4.78, 5) is 16.0. The van der Waals surface area contributed by atoms with Gasteiger partial charge in [0, 0.05) is 18.3 Å². The van der Waals surface area contributed by atoms with Gasteiger partial charge in [-0.25, -0.2) is 4.98 Å². The lowest BCUT2D eigenvalue weighted by molar-refractivity contribution is -0.122. The van der Waals surface area contributed by atoms with Crippen molar-refractivity contribution >= 4 is 17.2 Å². The van der Waals surface area contributed by atoms with Crippen LogP contribution in [0.1, 0.15) is 37.4 Å². The maximum Gasteiger partial charge on any atom is 0.236 e. The molecule has 5 heteroatoms. The van der Waals surface area contributed by atoms with Gasteiger partial charge in [0.15, 0.2) is 0 Å². The topological polar surface area (TPSA) is 68.0 Å². The van der Waals surface area contributed by atoms with E-state index in [-0.39, 0.29) is 11.9 Å². The molecule has 0 bridgehead atoms. The van der Waals surface area contributed by atoms with Gasteiger partial charge in [-0.15, -0.1) is 11.3 Å². The molecule has 3 N–H and O–H groups in total.